The van der Waals surface area contributed by atoms with E-state index in [4.69, 9.17) is 0 Å². The predicted molar refractivity (Wildman–Crippen MR) is 107 cm³/mol. The first-order chi connectivity index (χ1) is 12.4. The van der Waals surface area contributed by atoms with Crippen LogP contribution in [0.2, 0.25) is 0 Å². The second kappa shape index (κ2) is 7.07. The van der Waals surface area contributed by atoms with E-state index in [1.54, 1.807) is 0 Å². The van der Waals surface area contributed by atoms with Crippen LogP contribution in [0.5, 0.6) is 0 Å². The zero-order valence-electron chi connectivity index (χ0n) is 17.4. The molecule has 150 valence electrons. The summed E-state index contributed by atoms with van der Waals surface area (Å²) in [6.07, 6.45) is 14.1. The Labute approximate surface area is 161 Å². The van der Waals surface area contributed by atoms with Crippen LogP contribution in [0.3, 0.4) is 0 Å². The Bertz CT molecular complexity index is 504. The summed E-state index contributed by atoms with van der Waals surface area (Å²) in [7, 11) is 0. The first-order valence-electron chi connectivity index (χ1n) is 11.7. The number of hydrogen-bond donors (Lipinski definition) is 2. The van der Waals surface area contributed by atoms with Gasteiger partial charge in [-0.05, 0) is 117 Å². The van der Waals surface area contributed by atoms with Crippen molar-refractivity contribution in [2.75, 3.05) is 6.61 Å². The van der Waals surface area contributed by atoms with E-state index in [1.165, 1.54) is 51.4 Å². The monoisotopic (exact) mass is 362 g/mol. The molecule has 0 unspecified atom stereocenters. The van der Waals surface area contributed by atoms with Crippen LogP contribution in [0.4, 0.5) is 0 Å². The van der Waals surface area contributed by atoms with Gasteiger partial charge >= 0.3 is 0 Å². The van der Waals surface area contributed by atoms with Crippen LogP contribution in [0.15, 0.2) is 0 Å². The Balaban J connectivity index is 1.52. The number of aliphatic hydroxyl groups excluding tert-OH is 2. The molecule has 0 saturated heterocycles. The molecule has 0 aromatic rings. The molecule has 0 spiro atoms. The molecule has 0 aliphatic heterocycles. The molecule has 0 bridgehead atoms. The Kier molecular flexibility index (Phi) is 5.23. The Hall–Kier alpha value is -0.0800. The smallest absolute Gasteiger partial charge is 0.0543 e. The number of fused-ring (bicyclic) bond motifs is 5. The SMILES string of the molecule is C[C@H](CCCO)[C@H]1CC[C@H]2[C@@H]3CC[C@@H]4C[C@@H](O)CC[C@]4(C)[C@H]3CC[C@]12C. The lowest BCUT2D eigenvalue weighted by Gasteiger charge is -2.61. The largest absolute Gasteiger partial charge is 0.396 e. The average Bonchev–Trinajstić information content (AvgIpc) is 2.97. The molecule has 4 aliphatic carbocycles. The van der Waals surface area contributed by atoms with Crippen molar-refractivity contribution in [3.05, 3.63) is 0 Å². The maximum Gasteiger partial charge on any atom is 0.0543 e. The Morgan fingerprint density at radius 2 is 1.65 bits per heavy atom. The number of rotatable bonds is 4. The second-order valence-corrected chi connectivity index (χ2v) is 11.2. The minimum absolute atomic E-state index is 0.0262. The molecule has 9 atom stereocenters. The third-order valence-corrected chi connectivity index (χ3v) is 10.2. The Morgan fingerprint density at radius 3 is 2.42 bits per heavy atom. The number of hydrogen-bond acceptors (Lipinski definition) is 2. The van der Waals surface area contributed by atoms with Crippen molar-refractivity contribution in [2.24, 2.45) is 46.3 Å². The van der Waals surface area contributed by atoms with E-state index in [1.807, 2.05) is 0 Å². The summed E-state index contributed by atoms with van der Waals surface area (Å²) in [5.41, 5.74) is 1.05. The van der Waals surface area contributed by atoms with Crippen LogP contribution in [0.1, 0.15) is 91.4 Å². The molecule has 0 radical (unpaired) electrons. The zero-order valence-corrected chi connectivity index (χ0v) is 17.4. The van der Waals surface area contributed by atoms with Gasteiger partial charge in [0.2, 0.25) is 0 Å². The van der Waals surface area contributed by atoms with Crippen LogP contribution < -0.4 is 0 Å². The third kappa shape index (κ3) is 2.89. The predicted octanol–water partition coefficient (Wildman–Crippen LogP) is 5.41. The summed E-state index contributed by atoms with van der Waals surface area (Å²) in [5, 5.41) is 19.4. The third-order valence-electron chi connectivity index (χ3n) is 10.2. The molecule has 2 nitrogen and oxygen atoms in total. The normalized spacial score (nSPS) is 52.0. The van der Waals surface area contributed by atoms with Gasteiger partial charge in [0.25, 0.3) is 0 Å². The van der Waals surface area contributed by atoms with Crippen molar-refractivity contribution >= 4 is 0 Å². The zero-order chi connectivity index (χ0) is 18.5. The molecular formula is C24H42O2. The summed E-state index contributed by atoms with van der Waals surface area (Å²) < 4.78 is 0. The van der Waals surface area contributed by atoms with Gasteiger partial charge in [-0.2, -0.15) is 0 Å². The molecule has 4 aliphatic rings. The van der Waals surface area contributed by atoms with Gasteiger partial charge in [0.15, 0.2) is 0 Å². The standard InChI is InChI=1S/C24H42O2/c1-16(5-4-14-25)20-8-9-21-19-7-6-17-15-18(26)10-12-23(17,2)22(19)11-13-24(20,21)3/h16-22,25-26H,4-15H2,1-3H3/t16-,17-,18+,19+,20-,21+,22+,23+,24-/m1/s1. The second-order valence-electron chi connectivity index (χ2n) is 11.2. The fourth-order valence-corrected chi connectivity index (χ4v) is 8.83. The fraction of sp³-hybridized carbons (Fsp3) is 1.00. The van der Waals surface area contributed by atoms with Crippen molar-refractivity contribution in [2.45, 2.75) is 97.5 Å². The Morgan fingerprint density at radius 1 is 0.923 bits per heavy atom. The maximum absolute atomic E-state index is 10.2. The fourth-order valence-electron chi connectivity index (χ4n) is 8.83. The summed E-state index contributed by atoms with van der Waals surface area (Å²) in [5.74, 6) is 5.22. The van der Waals surface area contributed by atoms with Gasteiger partial charge in [0, 0.05) is 6.61 Å². The minimum Gasteiger partial charge on any atom is -0.396 e. The highest BCUT2D eigenvalue weighted by Crippen LogP contribution is 2.68. The lowest BCUT2D eigenvalue weighted by atomic mass is 9.44. The highest BCUT2D eigenvalue weighted by atomic mass is 16.3. The molecule has 4 rings (SSSR count). The molecule has 4 saturated carbocycles. The van der Waals surface area contributed by atoms with Gasteiger partial charge in [-0.25, -0.2) is 0 Å². The molecule has 0 amide bonds. The van der Waals surface area contributed by atoms with Crippen LogP contribution in [0.25, 0.3) is 0 Å². The molecule has 0 aromatic carbocycles. The van der Waals surface area contributed by atoms with Gasteiger partial charge in [-0.3, -0.25) is 0 Å². The van der Waals surface area contributed by atoms with Crippen molar-refractivity contribution < 1.29 is 10.2 Å². The summed E-state index contributed by atoms with van der Waals surface area (Å²) in [4.78, 5) is 0. The highest BCUT2D eigenvalue weighted by molar-refractivity contribution is 5.09. The van der Waals surface area contributed by atoms with Crippen LogP contribution in [-0.4, -0.2) is 22.9 Å². The molecule has 4 fully saturated rings. The van der Waals surface area contributed by atoms with Crippen molar-refractivity contribution in [1.82, 2.24) is 0 Å². The summed E-state index contributed by atoms with van der Waals surface area (Å²) in [6, 6.07) is 0. The highest BCUT2D eigenvalue weighted by Gasteiger charge is 2.60. The molecule has 2 heteroatoms. The van der Waals surface area contributed by atoms with Gasteiger partial charge < -0.3 is 10.2 Å². The van der Waals surface area contributed by atoms with E-state index < -0.39 is 0 Å². The van der Waals surface area contributed by atoms with Crippen LogP contribution in [-0.2, 0) is 0 Å². The maximum atomic E-state index is 10.2. The van der Waals surface area contributed by atoms with E-state index in [9.17, 15) is 10.2 Å². The van der Waals surface area contributed by atoms with Gasteiger partial charge in [-0.1, -0.05) is 20.8 Å². The molecule has 2 N–H and O–H groups in total. The van der Waals surface area contributed by atoms with E-state index in [2.05, 4.69) is 20.8 Å². The van der Waals surface area contributed by atoms with Gasteiger partial charge in [0.05, 0.1) is 6.10 Å². The van der Waals surface area contributed by atoms with Gasteiger partial charge in [0.1, 0.15) is 0 Å². The van der Waals surface area contributed by atoms with Gasteiger partial charge in [-0.15, -0.1) is 0 Å². The average molecular weight is 363 g/mol. The van der Waals surface area contributed by atoms with Crippen molar-refractivity contribution in [3.8, 4) is 0 Å². The van der Waals surface area contributed by atoms with Crippen molar-refractivity contribution in [3.63, 3.8) is 0 Å². The molecule has 0 heterocycles. The molecular weight excluding hydrogens is 320 g/mol. The molecule has 26 heavy (non-hydrogen) atoms. The van der Waals surface area contributed by atoms with Crippen molar-refractivity contribution in [1.29, 1.82) is 0 Å². The van der Waals surface area contributed by atoms with E-state index >= 15 is 0 Å². The number of aliphatic hydroxyl groups is 2. The summed E-state index contributed by atoms with van der Waals surface area (Å²) >= 11 is 0. The van der Waals surface area contributed by atoms with E-state index in [0.717, 1.165) is 54.8 Å². The molecule has 0 aromatic heterocycles. The first-order valence-corrected chi connectivity index (χ1v) is 11.7. The van der Waals surface area contributed by atoms with Crippen LogP contribution in [0, 0.1) is 46.3 Å². The topological polar surface area (TPSA) is 40.5 Å². The lowest BCUT2D eigenvalue weighted by Crippen LogP contribution is -2.54. The van der Waals surface area contributed by atoms with E-state index in [-0.39, 0.29) is 6.10 Å². The minimum atomic E-state index is -0.0262. The van der Waals surface area contributed by atoms with E-state index in [0.29, 0.717) is 17.4 Å². The first kappa shape index (κ1) is 19.2. The quantitative estimate of drug-likeness (QED) is 0.701. The lowest BCUT2D eigenvalue weighted by molar-refractivity contribution is -0.129. The summed E-state index contributed by atoms with van der Waals surface area (Å²) in [6.45, 7) is 8.05. The van der Waals surface area contributed by atoms with Crippen LogP contribution >= 0.6 is 0 Å².